The first-order chi connectivity index (χ1) is 27.3. The highest BCUT2D eigenvalue weighted by Crippen LogP contribution is 2.44. The highest BCUT2D eigenvalue weighted by molar-refractivity contribution is 6.36. The van der Waals surface area contributed by atoms with Gasteiger partial charge < -0.3 is 11.5 Å². The molecule has 0 unspecified atom stereocenters. The number of rotatable bonds is 5. The molecule has 0 aromatic heterocycles. The minimum atomic E-state index is -4.84. The summed E-state index contributed by atoms with van der Waals surface area (Å²) >= 11 is 0. The second kappa shape index (κ2) is 13.2. The highest BCUT2D eigenvalue weighted by atomic mass is 19.4. The van der Waals surface area contributed by atoms with Crippen molar-refractivity contribution < 1.29 is 45.5 Å². The number of hydrogen-bond acceptors (Lipinski definition) is 6. The van der Waals surface area contributed by atoms with Gasteiger partial charge in [0, 0.05) is 11.4 Å². The molecule has 0 atom stereocenters. The first-order valence-corrected chi connectivity index (χ1v) is 17.5. The molecule has 0 radical (unpaired) electrons. The lowest BCUT2D eigenvalue weighted by Gasteiger charge is -2.20. The molecule has 4 amide bonds. The summed E-state index contributed by atoms with van der Waals surface area (Å²) in [4.78, 5) is 56.2. The number of nitrogen functional groups attached to an aromatic ring is 2. The van der Waals surface area contributed by atoms with Gasteiger partial charge in [-0.15, -0.1) is 0 Å². The van der Waals surface area contributed by atoms with Gasteiger partial charge in [0.25, 0.3) is 23.6 Å². The zero-order valence-electron chi connectivity index (χ0n) is 30.3. The molecule has 290 valence electrons. The number of amides is 4. The summed E-state index contributed by atoms with van der Waals surface area (Å²) in [7, 11) is 0. The van der Waals surface area contributed by atoms with E-state index in [1.165, 1.54) is 91.0 Å². The fraction of sp³-hybridized carbons (Fsp3) is 0.0909. The van der Waals surface area contributed by atoms with Crippen LogP contribution in [-0.4, -0.2) is 23.6 Å². The van der Waals surface area contributed by atoms with E-state index in [1.807, 2.05) is 0 Å². The van der Waals surface area contributed by atoms with Gasteiger partial charge in [-0.3, -0.25) is 19.2 Å². The molecule has 2 aliphatic rings. The fourth-order valence-corrected chi connectivity index (χ4v) is 7.56. The topological polar surface area (TPSA) is 127 Å². The van der Waals surface area contributed by atoms with E-state index in [0.717, 1.165) is 17.0 Å². The molecule has 0 saturated heterocycles. The molecular weight excluding hydrogens is 762 g/mol. The summed E-state index contributed by atoms with van der Waals surface area (Å²) in [6.45, 7) is 3.18. The lowest BCUT2D eigenvalue weighted by atomic mass is 9.94. The molecule has 58 heavy (non-hydrogen) atoms. The van der Waals surface area contributed by atoms with Gasteiger partial charge in [0.15, 0.2) is 0 Å². The molecule has 8 nitrogen and oxygen atoms in total. The van der Waals surface area contributed by atoms with Crippen molar-refractivity contribution in [3.8, 4) is 33.4 Å². The Hall–Kier alpha value is -7.22. The first-order valence-electron chi connectivity index (χ1n) is 17.5. The van der Waals surface area contributed by atoms with Crippen LogP contribution in [0, 0.1) is 13.8 Å². The van der Waals surface area contributed by atoms with Gasteiger partial charge in [-0.2, -0.15) is 26.3 Å². The monoisotopic (exact) mass is 790 g/mol. The van der Waals surface area contributed by atoms with Gasteiger partial charge in [-0.1, -0.05) is 36.4 Å². The maximum Gasteiger partial charge on any atom is 0.417 e. The number of fused-ring (bicyclic) bond motifs is 2. The van der Waals surface area contributed by atoms with E-state index < -0.39 is 47.1 Å². The van der Waals surface area contributed by atoms with E-state index in [2.05, 4.69) is 0 Å². The van der Waals surface area contributed by atoms with Crippen molar-refractivity contribution in [2.75, 3.05) is 21.3 Å². The summed E-state index contributed by atoms with van der Waals surface area (Å²) in [5.74, 6) is -3.05. The third-order valence-corrected chi connectivity index (χ3v) is 10.3. The number of halogens is 6. The number of nitrogens with two attached hydrogens (primary N) is 2. The zero-order chi connectivity index (χ0) is 41.6. The molecule has 0 saturated carbocycles. The number of anilines is 4. The van der Waals surface area contributed by atoms with Gasteiger partial charge in [-0.05, 0) is 131 Å². The zero-order valence-corrected chi connectivity index (χ0v) is 30.3. The summed E-state index contributed by atoms with van der Waals surface area (Å²) in [5, 5.41) is 0. The van der Waals surface area contributed by atoms with E-state index in [4.69, 9.17) is 11.5 Å². The van der Waals surface area contributed by atoms with E-state index >= 15 is 0 Å². The highest BCUT2D eigenvalue weighted by Gasteiger charge is 2.41. The Bertz CT molecular complexity index is 2810. The van der Waals surface area contributed by atoms with E-state index in [9.17, 15) is 45.5 Å². The van der Waals surface area contributed by atoms with Gasteiger partial charge in [0.1, 0.15) is 0 Å². The van der Waals surface area contributed by atoms with Crippen LogP contribution in [0.4, 0.5) is 49.1 Å². The minimum absolute atomic E-state index is 0.0164. The Labute approximate surface area is 325 Å². The number of imide groups is 2. The summed E-state index contributed by atoms with van der Waals surface area (Å²) in [6.07, 6.45) is -9.53. The summed E-state index contributed by atoms with van der Waals surface area (Å²) in [6, 6.07) is 24.0. The first kappa shape index (κ1) is 37.7. The fourth-order valence-electron chi connectivity index (χ4n) is 7.56. The number of alkyl halides is 6. The van der Waals surface area contributed by atoms with Crippen LogP contribution < -0.4 is 21.3 Å². The third kappa shape index (κ3) is 6.13. The van der Waals surface area contributed by atoms with Crippen molar-refractivity contribution in [2.24, 2.45) is 0 Å². The van der Waals surface area contributed by atoms with Gasteiger partial charge in [0.2, 0.25) is 0 Å². The number of benzene rings is 6. The second-order valence-electron chi connectivity index (χ2n) is 14.0. The number of carbonyl (C=O) groups excluding carboxylic acids is 4. The lowest BCUT2D eigenvalue weighted by molar-refractivity contribution is -0.137. The standard InChI is InChI=1S/C44H28F6N4O4/c1-21-15-25(51)5-11-29(21)32-14-8-28(20-38(32)44(48,49)50)54-40(56)34-10-4-24(18-36(34)42(54)58)23-3-9-33-35(17-23)41(57)53(39(33)55)27-7-13-30(22(2)16-27)31-12-6-26(52)19-37(31)43(45,46)47/h3-20H,51-52H2,1-2H3. The Morgan fingerprint density at radius 1 is 0.397 bits per heavy atom. The largest absolute Gasteiger partial charge is 0.417 e. The number of carbonyl (C=O) groups is 4. The van der Waals surface area contributed by atoms with Crippen molar-refractivity contribution in [3.63, 3.8) is 0 Å². The van der Waals surface area contributed by atoms with Crippen molar-refractivity contribution >= 4 is 46.4 Å². The molecule has 8 rings (SSSR count). The maximum absolute atomic E-state index is 14.4. The molecule has 4 N–H and O–H groups in total. The van der Waals surface area contributed by atoms with E-state index in [0.29, 0.717) is 32.8 Å². The Morgan fingerprint density at radius 3 is 1.22 bits per heavy atom. The number of hydrogen-bond donors (Lipinski definition) is 2. The average molecular weight is 791 g/mol. The van der Waals surface area contributed by atoms with Gasteiger partial charge in [0.05, 0.1) is 44.8 Å². The molecule has 2 aliphatic heterocycles. The van der Waals surface area contributed by atoms with Crippen molar-refractivity contribution in [1.82, 2.24) is 0 Å². The van der Waals surface area contributed by atoms with Crippen molar-refractivity contribution in [2.45, 2.75) is 26.2 Å². The van der Waals surface area contributed by atoms with Gasteiger partial charge in [-0.25, -0.2) is 9.80 Å². The Balaban J connectivity index is 1.09. The van der Waals surface area contributed by atoms with Crippen LogP contribution >= 0.6 is 0 Å². The quantitative estimate of drug-likeness (QED) is 0.102. The minimum Gasteiger partial charge on any atom is -0.399 e. The molecule has 14 heteroatoms. The number of aryl methyl sites for hydroxylation is 2. The van der Waals surface area contributed by atoms with Crippen LogP contribution in [0.15, 0.2) is 109 Å². The van der Waals surface area contributed by atoms with E-state index in [1.54, 1.807) is 19.9 Å². The van der Waals surface area contributed by atoms with Crippen LogP contribution in [0.3, 0.4) is 0 Å². The summed E-state index contributed by atoms with van der Waals surface area (Å²) in [5.41, 5.74) is 11.4. The van der Waals surface area contributed by atoms with Crippen LogP contribution in [0.25, 0.3) is 33.4 Å². The SMILES string of the molecule is Cc1cc(N2C(=O)c3ccc(-c4ccc5c(c4)C(=O)N(c4ccc(-c6ccc(N)cc6C)c(C(F)(F)F)c4)C5=O)cc3C2=O)ccc1-c1ccc(N)cc1C(F)(F)F. The number of nitrogens with zero attached hydrogens (tertiary/aromatic N) is 2. The maximum atomic E-state index is 14.4. The molecule has 0 bridgehead atoms. The molecule has 0 fully saturated rings. The molecule has 6 aromatic carbocycles. The third-order valence-electron chi connectivity index (χ3n) is 10.3. The van der Waals surface area contributed by atoms with Crippen molar-refractivity contribution in [1.29, 1.82) is 0 Å². The average Bonchev–Trinajstić information content (AvgIpc) is 3.57. The Morgan fingerprint density at radius 2 is 0.759 bits per heavy atom. The summed E-state index contributed by atoms with van der Waals surface area (Å²) < 4.78 is 84.9. The van der Waals surface area contributed by atoms with Crippen LogP contribution in [0.5, 0.6) is 0 Å². The molecule has 2 heterocycles. The molecular formula is C44H28F6N4O4. The lowest BCUT2D eigenvalue weighted by Crippen LogP contribution is -2.29. The van der Waals surface area contributed by atoms with E-state index in [-0.39, 0.29) is 61.6 Å². The van der Waals surface area contributed by atoms with Crippen LogP contribution in [0.1, 0.15) is 63.7 Å². The van der Waals surface area contributed by atoms with Gasteiger partial charge >= 0.3 is 12.4 Å². The smallest absolute Gasteiger partial charge is 0.399 e. The molecule has 0 aliphatic carbocycles. The predicted molar refractivity (Wildman–Crippen MR) is 206 cm³/mol. The normalized spacial score (nSPS) is 14.1. The molecule has 0 spiro atoms. The Kier molecular flexibility index (Phi) is 8.57. The second-order valence-corrected chi connectivity index (χ2v) is 14.0. The predicted octanol–water partition coefficient (Wildman–Crippen LogP) is 10.1. The van der Waals surface area contributed by atoms with Crippen LogP contribution in [-0.2, 0) is 12.4 Å². The van der Waals surface area contributed by atoms with Crippen LogP contribution in [0.2, 0.25) is 0 Å². The van der Waals surface area contributed by atoms with Crippen molar-refractivity contribution in [3.05, 3.63) is 154 Å². The molecule has 6 aromatic rings.